The number of likely N-dealkylation sites (tertiary alicyclic amines) is 1. The summed E-state index contributed by atoms with van der Waals surface area (Å²) in [6.45, 7) is -1.83. The average Bonchev–Trinajstić information content (AvgIpc) is 2.73. The molecule has 3 rings (SSSR count). The number of aromatic nitrogens is 2. The summed E-state index contributed by atoms with van der Waals surface area (Å²) < 4.78 is 78.7. The van der Waals surface area contributed by atoms with Gasteiger partial charge in [0.25, 0.3) is 5.91 Å². The number of halogens is 3. The molecule has 7 heteroatoms. The van der Waals surface area contributed by atoms with Crippen LogP contribution in [0.15, 0.2) is 30.6 Å². The topological polar surface area (TPSA) is 46.1 Å². The van der Waals surface area contributed by atoms with Crippen LogP contribution in [0.25, 0.3) is 0 Å². The molecule has 2 aromatic rings. The summed E-state index contributed by atoms with van der Waals surface area (Å²) in [4.78, 5) is 21.2. The van der Waals surface area contributed by atoms with Crippen LogP contribution in [-0.2, 0) is 6.37 Å². The Morgan fingerprint density at radius 1 is 1.44 bits per heavy atom. The highest BCUT2D eigenvalue weighted by Gasteiger charge is 2.35. The van der Waals surface area contributed by atoms with Gasteiger partial charge in [-0.2, -0.15) is 0 Å². The van der Waals surface area contributed by atoms with Crippen molar-refractivity contribution < 1.29 is 21.8 Å². The molecule has 1 saturated heterocycles. The number of hydrogen-bond donors (Lipinski definition) is 0. The lowest BCUT2D eigenvalue weighted by Crippen LogP contribution is -2.44. The number of benzene rings is 1. The maximum Gasteiger partial charge on any atom is 0.253 e. The van der Waals surface area contributed by atoms with Gasteiger partial charge in [0.15, 0.2) is 0 Å². The zero-order valence-corrected chi connectivity index (χ0v) is 15.4. The van der Waals surface area contributed by atoms with Crippen molar-refractivity contribution in [3.8, 4) is 0 Å². The molecule has 0 radical (unpaired) electrons. The summed E-state index contributed by atoms with van der Waals surface area (Å²) in [6.07, 6.45) is -4.25. The van der Waals surface area contributed by atoms with Gasteiger partial charge in [0.1, 0.15) is 17.3 Å². The first-order valence-corrected chi connectivity index (χ1v) is 8.75. The van der Waals surface area contributed by atoms with Gasteiger partial charge < -0.3 is 4.90 Å². The fourth-order valence-corrected chi connectivity index (χ4v) is 2.74. The lowest BCUT2D eigenvalue weighted by Gasteiger charge is -2.36. The van der Waals surface area contributed by atoms with Crippen molar-refractivity contribution in [3.05, 3.63) is 58.4 Å². The molecule has 0 bridgehead atoms. The molecule has 0 saturated carbocycles. The van der Waals surface area contributed by atoms with E-state index in [-0.39, 0.29) is 16.4 Å². The van der Waals surface area contributed by atoms with Gasteiger partial charge in [-0.3, -0.25) is 4.79 Å². The van der Waals surface area contributed by atoms with E-state index < -0.39 is 62.4 Å². The van der Waals surface area contributed by atoms with E-state index in [1.54, 1.807) is 6.92 Å². The van der Waals surface area contributed by atoms with E-state index in [2.05, 4.69) is 9.97 Å². The van der Waals surface area contributed by atoms with Gasteiger partial charge >= 0.3 is 0 Å². The van der Waals surface area contributed by atoms with E-state index in [9.17, 15) is 9.18 Å². The first-order valence-electron chi connectivity index (χ1n) is 11.4. The number of carbonyl (C=O) groups excluding carboxylic acids is 1. The van der Waals surface area contributed by atoms with Crippen molar-refractivity contribution in [1.29, 1.82) is 0 Å². The maximum atomic E-state index is 15.9. The second-order valence-electron chi connectivity index (χ2n) is 6.30. The van der Waals surface area contributed by atoms with Gasteiger partial charge in [-0.15, -0.1) is 0 Å². The van der Waals surface area contributed by atoms with E-state index in [1.807, 2.05) is 0 Å². The Kier molecular flexibility index (Phi) is 4.04. The highest BCUT2D eigenvalue weighted by molar-refractivity contribution is 6.31. The summed E-state index contributed by atoms with van der Waals surface area (Å²) in [7, 11) is 0. The van der Waals surface area contributed by atoms with E-state index in [1.165, 1.54) is 12.4 Å². The number of amides is 1. The van der Waals surface area contributed by atoms with E-state index >= 15 is 4.39 Å². The Labute approximate surface area is 171 Å². The fourth-order valence-electron chi connectivity index (χ4n) is 2.56. The number of aryl methyl sites for hydroxylation is 2. The van der Waals surface area contributed by atoms with E-state index in [4.69, 9.17) is 19.8 Å². The van der Waals surface area contributed by atoms with Crippen LogP contribution in [0.1, 0.15) is 55.6 Å². The standard InChI is InChI=1S/C20H22ClF2N3O/c1-14-12-24-18(25-13-14)3-2-6-20(23)7-9-26(10-8-20)19(27)15-4-5-17(22)16(21)11-15/h4-5,11-13H,2-3,6-10H2,1H3/i3D2,7D2,9D2. The summed E-state index contributed by atoms with van der Waals surface area (Å²) in [6, 6.07) is 3.01. The number of carbonyl (C=O) groups is 1. The number of alkyl halides is 1. The van der Waals surface area contributed by atoms with Crippen LogP contribution in [0.2, 0.25) is 5.02 Å². The first-order chi connectivity index (χ1) is 15.1. The van der Waals surface area contributed by atoms with Crippen molar-refractivity contribution in [2.45, 2.75) is 44.6 Å². The van der Waals surface area contributed by atoms with Crippen molar-refractivity contribution in [2.24, 2.45) is 0 Å². The Bertz CT molecular complexity index is 1060. The minimum Gasteiger partial charge on any atom is -0.338 e. The second kappa shape index (κ2) is 8.30. The van der Waals surface area contributed by atoms with E-state index in [0.29, 0.717) is 10.5 Å². The number of rotatable bonds is 5. The van der Waals surface area contributed by atoms with Crippen LogP contribution >= 0.6 is 11.6 Å². The van der Waals surface area contributed by atoms with Crippen LogP contribution in [0.4, 0.5) is 8.78 Å². The van der Waals surface area contributed by atoms with Crippen LogP contribution < -0.4 is 0 Å². The van der Waals surface area contributed by atoms with Gasteiger partial charge in [0.2, 0.25) is 0 Å². The molecule has 0 aliphatic carbocycles. The summed E-state index contributed by atoms with van der Waals surface area (Å²) in [5, 5.41) is -0.359. The molecular weight excluding hydrogens is 372 g/mol. The normalized spacial score (nSPS) is 27.5. The Morgan fingerprint density at radius 3 is 2.89 bits per heavy atom. The molecule has 27 heavy (non-hydrogen) atoms. The van der Waals surface area contributed by atoms with Crippen molar-refractivity contribution in [2.75, 3.05) is 13.0 Å². The Balaban J connectivity index is 1.83. The zero-order chi connectivity index (χ0) is 24.8. The third-order valence-corrected chi connectivity index (χ3v) is 4.43. The second-order valence-corrected chi connectivity index (χ2v) is 6.71. The molecule has 2 heterocycles. The maximum absolute atomic E-state index is 15.9. The molecule has 1 aliphatic rings. The molecule has 1 amide bonds. The van der Waals surface area contributed by atoms with Gasteiger partial charge in [-0.1, -0.05) is 11.6 Å². The molecule has 1 aliphatic heterocycles. The summed E-state index contributed by atoms with van der Waals surface area (Å²) in [5.74, 6) is -1.92. The number of nitrogens with zero attached hydrogens (tertiary/aromatic N) is 3. The van der Waals surface area contributed by atoms with Crippen molar-refractivity contribution >= 4 is 17.5 Å². The zero-order valence-electron chi connectivity index (χ0n) is 20.6. The quantitative estimate of drug-likeness (QED) is 0.741. The molecule has 1 atom stereocenters. The SMILES string of the molecule is [2H]C([2H])(CCC1(F)CCN(C(=O)c2ccc(F)c(Cl)c2)C([2H])([2H])C1([2H])[2H])c1ncc(C)cn1. The van der Waals surface area contributed by atoms with Gasteiger partial charge in [0.05, 0.1) is 5.02 Å². The number of piperidine rings is 1. The van der Waals surface area contributed by atoms with Gasteiger partial charge in [0, 0.05) is 45.6 Å². The van der Waals surface area contributed by atoms with Crippen LogP contribution in [0.3, 0.4) is 0 Å². The third-order valence-electron chi connectivity index (χ3n) is 4.14. The first kappa shape index (κ1) is 13.2. The lowest BCUT2D eigenvalue weighted by atomic mass is 9.88. The molecule has 144 valence electrons. The highest BCUT2D eigenvalue weighted by atomic mass is 35.5. The van der Waals surface area contributed by atoms with Gasteiger partial charge in [-0.25, -0.2) is 18.7 Å². The average molecular weight is 400 g/mol. The van der Waals surface area contributed by atoms with E-state index in [0.717, 1.165) is 18.2 Å². The van der Waals surface area contributed by atoms with Crippen molar-refractivity contribution in [1.82, 2.24) is 14.9 Å². The molecular formula is C20H22ClF2N3O. The minimum atomic E-state index is -3.18. The Morgan fingerprint density at radius 2 is 2.19 bits per heavy atom. The lowest BCUT2D eigenvalue weighted by molar-refractivity contribution is 0.0389. The molecule has 1 aromatic heterocycles. The van der Waals surface area contributed by atoms with Crippen molar-refractivity contribution in [3.63, 3.8) is 0 Å². The predicted molar refractivity (Wildman–Crippen MR) is 100 cm³/mol. The predicted octanol–water partition coefficient (Wildman–Crippen LogP) is 4.54. The van der Waals surface area contributed by atoms with Crippen LogP contribution in [0, 0.1) is 12.7 Å². The highest BCUT2D eigenvalue weighted by Crippen LogP contribution is 2.32. The molecule has 0 spiro atoms. The summed E-state index contributed by atoms with van der Waals surface area (Å²) in [5.41, 5.74) is -2.23. The molecule has 1 fully saturated rings. The van der Waals surface area contributed by atoms with Crippen LogP contribution in [0.5, 0.6) is 0 Å². The monoisotopic (exact) mass is 399 g/mol. The molecule has 1 aromatic carbocycles. The smallest absolute Gasteiger partial charge is 0.253 e. The Hall–Kier alpha value is -2.08. The summed E-state index contributed by atoms with van der Waals surface area (Å²) >= 11 is 5.69. The van der Waals surface area contributed by atoms with Gasteiger partial charge in [-0.05, 0) is 56.3 Å². The largest absolute Gasteiger partial charge is 0.338 e. The molecule has 1 unspecified atom stereocenters. The third kappa shape index (κ3) is 5.01. The number of hydrogen-bond acceptors (Lipinski definition) is 3. The minimum absolute atomic E-state index is 0.166. The molecule has 0 N–H and O–H groups in total. The molecule has 4 nitrogen and oxygen atoms in total. The fraction of sp³-hybridized carbons (Fsp3) is 0.450. The van der Waals surface area contributed by atoms with Crippen LogP contribution in [-0.4, -0.2) is 39.5 Å².